The van der Waals surface area contributed by atoms with Crippen LogP contribution in [0.3, 0.4) is 0 Å². The summed E-state index contributed by atoms with van der Waals surface area (Å²) in [5, 5.41) is 67.0. The van der Waals surface area contributed by atoms with Crippen LogP contribution >= 0.6 is 0 Å². The molecule has 0 aromatic heterocycles. The lowest BCUT2D eigenvalue weighted by Crippen LogP contribution is -2.62. The first-order valence-electron chi connectivity index (χ1n) is 15.2. The maximum atomic E-state index is 13.3. The summed E-state index contributed by atoms with van der Waals surface area (Å²) in [5.41, 5.74) is -5.62. The van der Waals surface area contributed by atoms with Crippen LogP contribution in [0.4, 0.5) is 0 Å². The molecule has 2 aromatic rings. The summed E-state index contributed by atoms with van der Waals surface area (Å²) in [4.78, 5) is 50.4. The summed E-state index contributed by atoms with van der Waals surface area (Å²) in [7, 11) is 0. The molecule has 0 bridgehead atoms. The van der Waals surface area contributed by atoms with Gasteiger partial charge in [-0.3, -0.25) is 19.2 Å². The SMILES string of the molecule is CC(=O)OC1C(C)CC(=O)C2=C(O)c3c(ccc(-c4ccc5c(c4O)C(O)=C4C(=O)CC(C)C(OC(C)=O)C4(CO)O5)c3O)OC21CO. The number of phenolic OH excluding ortho intramolecular Hbond substituents is 2. The van der Waals surface area contributed by atoms with Gasteiger partial charge in [0.05, 0.1) is 24.4 Å². The molecule has 0 saturated heterocycles. The van der Waals surface area contributed by atoms with E-state index in [1.807, 2.05) is 0 Å². The Bertz CT molecular complexity index is 1720. The molecule has 6 N–H and O–H groups in total. The van der Waals surface area contributed by atoms with Crippen molar-refractivity contribution in [3.63, 3.8) is 0 Å². The number of hydrogen-bond acceptors (Lipinski definition) is 14. The molecule has 2 saturated carbocycles. The number of Topliss-reactive ketones (excluding diaryl/α,β-unsaturated/α-hetero) is 2. The van der Waals surface area contributed by atoms with E-state index in [9.17, 15) is 49.8 Å². The molecule has 2 fully saturated rings. The third kappa shape index (κ3) is 4.46. The van der Waals surface area contributed by atoms with Crippen molar-refractivity contribution >= 4 is 35.0 Å². The van der Waals surface area contributed by atoms with Gasteiger partial charge in [0, 0.05) is 49.7 Å². The molecular formula is C34H34O14. The molecule has 14 nitrogen and oxygen atoms in total. The molecule has 254 valence electrons. The first kappa shape index (κ1) is 32.8. The van der Waals surface area contributed by atoms with Crippen molar-refractivity contribution in [2.24, 2.45) is 11.8 Å². The highest BCUT2D eigenvalue weighted by Crippen LogP contribution is 2.56. The zero-order valence-corrected chi connectivity index (χ0v) is 26.4. The fourth-order valence-corrected chi connectivity index (χ4v) is 7.60. The molecular weight excluding hydrogens is 632 g/mol. The minimum absolute atomic E-state index is 0.104. The number of hydrogen-bond donors (Lipinski definition) is 6. The molecule has 2 aliphatic heterocycles. The van der Waals surface area contributed by atoms with Crippen LogP contribution in [0.2, 0.25) is 0 Å². The molecule has 2 aromatic carbocycles. The Hall–Kier alpha value is -5.08. The van der Waals surface area contributed by atoms with Gasteiger partial charge in [0.25, 0.3) is 0 Å². The van der Waals surface area contributed by atoms with Crippen LogP contribution in [0.25, 0.3) is 22.6 Å². The quantitative estimate of drug-likeness (QED) is 0.252. The van der Waals surface area contributed by atoms with Gasteiger partial charge in [0.2, 0.25) is 11.2 Å². The van der Waals surface area contributed by atoms with E-state index >= 15 is 0 Å². The summed E-state index contributed by atoms with van der Waals surface area (Å²) in [6.45, 7) is 3.87. The third-order valence-electron chi connectivity index (χ3n) is 9.53. The molecule has 6 rings (SSSR count). The third-order valence-corrected chi connectivity index (χ3v) is 9.53. The van der Waals surface area contributed by atoms with Crippen LogP contribution in [0.15, 0.2) is 35.4 Å². The van der Waals surface area contributed by atoms with E-state index in [2.05, 4.69) is 0 Å². The maximum absolute atomic E-state index is 13.3. The van der Waals surface area contributed by atoms with Crippen LogP contribution in [-0.2, 0) is 28.7 Å². The number of rotatable bonds is 5. The van der Waals surface area contributed by atoms with Crippen molar-refractivity contribution in [2.45, 2.75) is 63.9 Å². The second kappa shape index (κ2) is 11.3. The molecule has 6 atom stereocenters. The standard InChI is InChI=1S/C34H34O14/c1-13-9-19(39)25-29(43)23-21(47-33(25,11-35)31(13)45-15(3)37)7-5-17(27(23)41)18-6-8-22-24(28(18)42)30(44)26-20(40)10-14(2)32(46-16(4)38)34(26,12-36)48-22/h5-8,13-14,31-32,35-36,41-44H,9-12H2,1-4H3. The zero-order valence-electron chi connectivity index (χ0n) is 26.4. The van der Waals surface area contributed by atoms with E-state index in [1.165, 1.54) is 24.3 Å². The summed E-state index contributed by atoms with van der Waals surface area (Å²) in [6, 6.07) is 5.24. The monoisotopic (exact) mass is 666 g/mol. The molecule has 14 heteroatoms. The van der Waals surface area contributed by atoms with Crippen molar-refractivity contribution in [1.29, 1.82) is 0 Å². The highest BCUT2D eigenvalue weighted by Gasteiger charge is 2.60. The Morgan fingerprint density at radius 1 is 0.708 bits per heavy atom. The number of benzene rings is 2. The van der Waals surface area contributed by atoms with Crippen LogP contribution in [0, 0.1) is 11.8 Å². The van der Waals surface area contributed by atoms with Gasteiger partial charge in [-0.1, -0.05) is 13.8 Å². The van der Waals surface area contributed by atoms with Crippen LogP contribution in [0.5, 0.6) is 23.0 Å². The molecule has 0 amide bonds. The van der Waals surface area contributed by atoms with Gasteiger partial charge >= 0.3 is 11.9 Å². The lowest BCUT2D eigenvalue weighted by Gasteiger charge is -2.48. The predicted molar refractivity (Wildman–Crippen MR) is 164 cm³/mol. The van der Waals surface area contributed by atoms with Crippen molar-refractivity contribution in [3.8, 4) is 34.1 Å². The Kier molecular flexibility index (Phi) is 7.71. The fraction of sp³-hybridized carbons (Fsp3) is 0.412. The number of carbonyl (C=O) groups excluding carboxylic acids is 4. The average Bonchev–Trinajstić information content (AvgIpc) is 3.01. The smallest absolute Gasteiger partial charge is 0.303 e. The predicted octanol–water partition coefficient (Wildman–Crippen LogP) is 2.63. The van der Waals surface area contributed by atoms with Gasteiger partial charge < -0.3 is 49.6 Å². The number of phenols is 2. The van der Waals surface area contributed by atoms with Crippen molar-refractivity contribution in [1.82, 2.24) is 0 Å². The van der Waals surface area contributed by atoms with Crippen molar-refractivity contribution in [3.05, 3.63) is 46.5 Å². The van der Waals surface area contributed by atoms with E-state index in [0.717, 1.165) is 13.8 Å². The lowest BCUT2D eigenvalue weighted by molar-refractivity contribution is -0.172. The number of aromatic hydroxyl groups is 2. The number of esters is 2. The Morgan fingerprint density at radius 3 is 1.38 bits per heavy atom. The summed E-state index contributed by atoms with van der Waals surface area (Å²) < 4.78 is 23.1. The van der Waals surface area contributed by atoms with Crippen LogP contribution in [0.1, 0.15) is 51.7 Å². The van der Waals surface area contributed by atoms with Gasteiger partial charge in [-0.05, 0) is 24.3 Å². The minimum Gasteiger partial charge on any atom is -0.506 e. The molecule has 2 aliphatic carbocycles. The number of ether oxygens (including phenoxy) is 4. The zero-order chi connectivity index (χ0) is 35.0. The maximum Gasteiger partial charge on any atom is 0.303 e. The van der Waals surface area contributed by atoms with Gasteiger partial charge in [-0.15, -0.1) is 0 Å². The largest absolute Gasteiger partial charge is 0.506 e. The molecule has 6 unspecified atom stereocenters. The van der Waals surface area contributed by atoms with Crippen LogP contribution in [-0.4, -0.2) is 90.8 Å². The Labute approximate surface area is 273 Å². The number of fused-ring (bicyclic) bond motifs is 4. The molecule has 0 spiro atoms. The van der Waals surface area contributed by atoms with Crippen molar-refractivity contribution < 1.29 is 68.8 Å². The van der Waals surface area contributed by atoms with Gasteiger partial charge in [-0.2, -0.15) is 0 Å². The molecule has 48 heavy (non-hydrogen) atoms. The van der Waals surface area contributed by atoms with E-state index < -0.39 is 106 Å². The number of aliphatic hydroxyl groups excluding tert-OH is 4. The molecule has 0 radical (unpaired) electrons. The second-order valence-corrected chi connectivity index (χ2v) is 12.7. The molecule has 2 heterocycles. The molecule has 4 aliphatic rings. The van der Waals surface area contributed by atoms with E-state index in [0.29, 0.717) is 0 Å². The lowest BCUT2D eigenvalue weighted by atomic mass is 9.69. The first-order chi connectivity index (χ1) is 22.6. The van der Waals surface area contributed by atoms with Crippen molar-refractivity contribution in [2.75, 3.05) is 13.2 Å². The van der Waals surface area contributed by atoms with Gasteiger partial charge in [0.15, 0.2) is 23.8 Å². The van der Waals surface area contributed by atoms with E-state index in [4.69, 9.17) is 18.9 Å². The highest BCUT2D eigenvalue weighted by atomic mass is 16.6. The number of carbonyl (C=O) groups is 4. The minimum atomic E-state index is -1.97. The number of aliphatic hydroxyl groups is 4. The average molecular weight is 667 g/mol. The summed E-state index contributed by atoms with van der Waals surface area (Å²) in [6.07, 6.45) is -2.66. The summed E-state index contributed by atoms with van der Waals surface area (Å²) in [5.74, 6) is -6.89. The second-order valence-electron chi connectivity index (χ2n) is 12.7. The van der Waals surface area contributed by atoms with E-state index in [-0.39, 0.29) is 46.6 Å². The van der Waals surface area contributed by atoms with Gasteiger partial charge in [-0.25, -0.2) is 0 Å². The van der Waals surface area contributed by atoms with Crippen LogP contribution < -0.4 is 9.47 Å². The normalized spacial score (nSPS) is 29.1. The first-order valence-corrected chi connectivity index (χ1v) is 15.2. The Morgan fingerprint density at radius 2 is 1.06 bits per heavy atom. The summed E-state index contributed by atoms with van der Waals surface area (Å²) >= 11 is 0. The van der Waals surface area contributed by atoms with Gasteiger partial charge in [0.1, 0.15) is 45.6 Å². The van der Waals surface area contributed by atoms with E-state index in [1.54, 1.807) is 13.8 Å². The Balaban J connectivity index is 1.50. The topological polar surface area (TPSA) is 227 Å². The highest BCUT2D eigenvalue weighted by molar-refractivity contribution is 6.08. The fourth-order valence-electron chi connectivity index (χ4n) is 7.60. The number of ketones is 2.